The highest BCUT2D eigenvalue weighted by Crippen LogP contribution is 2.31. The lowest BCUT2D eigenvalue weighted by molar-refractivity contribution is 0.0979. The summed E-state index contributed by atoms with van der Waals surface area (Å²) in [6.07, 6.45) is 0. The molecule has 0 spiro atoms. The van der Waals surface area contributed by atoms with E-state index in [-0.39, 0.29) is 33.7 Å². The average Bonchev–Trinajstić information content (AvgIpc) is 2.51. The van der Waals surface area contributed by atoms with Crippen LogP contribution < -0.4 is 5.43 Å². The van der Waals surface area contributed by atoms with Gasteiger partial charge in [-0.1, -0.05) is 24.3 Å². The van der Waals surface area contributed by atoms with Crippen LogP contribution in [-0.2, 0) is 0 Å². The Morgan fingerprint density at radius 2 is 1.50 bits per heavy atom. The molecule has 4 rings (SSSR count). The number of carbonyl (C=O) groups is 2. The lowest BCUT2D eigenvalue weighted by Gasteiger charge is -2.18. The van der Waals surface area contributed by atoms with Gasteiger partial charge in [0.05, 0.1) is 10.9 Å². The molecule has 22 heavy (non-hydrogen) atoms. The Bertz CT molecular complexity index is 1040. The summed E-state index contributed by atoms with van der Waals surface area (Å²) >= 11 is 0. The summed E-state index contributed by atoms with van der Waals surface area (Å²) in [4.78, 5) is 37.4. The molecule has 1 aliphatic rings. The Hall–Kier alpha value is -3.01. The monoisotopic (exact) mass is 290 g/mol. The van der Waals surface area contributed by atoms with Gasteiger partial charge in [-0.05, 0) is 19.1 Å². The van der Waals surface area contributed by atoms with Crippen molar-refractivity contribution in [2.75, 3.05) is 0 Å². The first kappa shape index (κ1) is 12.7. The molecule has 0 atom stereocenters. The number of hydrogen-bond acceptors (Lipinski definition) is 4. The number of aryl methyl sites for hydroxylation is 1. The SMILES string of the molecule is Cc1cc(=O)c2ccc3c(c2o1)C(=O)c1ccccc1C3=O. The van der Waals surface area contributed by atoms with Crippen LogP contribution in [0.1, 0.15) is 37.6 Å². The molecule has 0 N–H and O–H groups in total. The summed E-state index contributed by atoms with van der Waals surface area (Å²) in [7, 11) is 0. The van der Waals surface area contributed by atoms with Gasteiger partial charge in [0.1, 0.15) is 11.3 Å². The minimum Gasteiger partial charge on any atom is -0.460 e. The minimum atomic E-state index is -0.287. The van der Waals surface area contributed by atoms with Gasteiger partial charge in [0.15, 0.2) is 17.0 Å². The zero-order valence-electron chi connectivity index (χ0n) is 11.7. The van der Waals surface area contributed by atoms with E-state index in [2.05, 4.69) is 0 Å². The van der Waals surface area contributed by atoms with Crippen molar-refractivity contribution in [1.82, 2.24) is 0 Å². The van der Waals surface area contributed by atoms with Gasteiger partial charge in [0.25, 0.3) is 0 Å². The van der Waals surface area contributed by atoms with Crippen molar-refractivity contribution < 1.29 is 14.0 Å². The third-order valence-corrected chi connectivity index (χ3v) is 3.91. The van der Waals surface area contributed by atoms with Crippen molar-refractivity contribution in [3.63, 3.8) is 0 Å². The molecule has 3 aromatic rings. The summed E-state index contributed by atoms with van der Waals surface area (Å²) in [6, 6.07) is 11.1. The zero-order chi connectivity index (χ0) is 15.4. The van der Waals surface area contributed by atoms with Gasteiger partial charge in [0, 0.05) is 22.8 Å². The first-order valence-corrected chi connectivity index (χ1v) is 6.84. The Morgan fingerprint density at radius 1 is 0.818 bits per heavy atom. The maximum atomic E-state index is 12.8. The lowest BCUT2D eigenvalue weighted by atomic mass is 9.83. The Labute approximate surface area is 125 Å². The highest BCUT2D eigenvalue weighted by atomic mass is 16.3. The van der Waals surface area contributed by atoms with Crippen molar-refractivity contribution in [3.05, 3.63) is 80.7 Å². The van der Waals surface area contributed by atoms with E-state index < -0.39 is 0 Å². The summed E-state index contributed by atoms with van der Waals surface area (Å²) in [5.74, 6) is -0.106. The number of fused-ring (bicyclic) bond motifs is 4. The molecule has 2 aromatic carbocycles. The van der Waals surface area contributed by atoms with Crippen LogP contribution in [-0.4, -0.2) is 11.6 Å². The van der Waals surface area contributed by atoms with Crippen LogP contribution in [0, 0.1) is 6.92 Å². The molecule has 0 bridgehead atoms. The van der Waals surface area contributed by atoms with Crippen molar-refractivity contribution in [2.24, 2.45) is 0 Å². The molecule has 0 fully saturated rings. The first-order chi connectivity index (χ1) is 10.6. The molecule has 106 valence electrons. The van der Waals surface area contributed by atoms with Crippen LogP contribution in [0.3, 0.4) is 0 Å². The van der Waals surface area contributed by atoms with Crippen LogP contribution >= 0.6 is 0 Å². The van der Waals surface area contributed by atoms with Gasteiger partial charge in [0.2, 0.25) is 0 Å². The summed E-state index contributed by atoms with van der Waals surface area (Å²) in [5.41, 5.74) is 1.16. The van der Waals surface area contributed by atoms with Gasteiger partial charge < -0.3 is 4.42 Å². The largest absolute Gasteiger partial charge is 0.460 e. The fourth-order valence-corrected chi connectivity index (χ4v) is 2.91. The molecule has 0 saturated carbocycles. The molecule has 0 aliphatic heterocycles. The Kier molecular flexibility index (Phi) is 2.45. The van der Waals surface area contributed by atoms with Crippen molar-refractivity contribution in [1.29, 1.82) is 0 Å². The molecule has 0 saturated heterocycles. The smallest absolute Gasteiger partial charge is 0.198 e. The minimum absolute atomic E-state index is 0.182. The van der Waals surface area contributed by atoms with Crippen LogP contribution in [0.5, 0.6) is 0 Å². The second-order valence-electron chi connectivity index (χ2n) is 5.29. The molecule has 1 aromatic heterocycles. The van der Waals surface area contributed by atoms with E-state index in [4.69, 9.17) is 4.42 Å². The maximum absolute atomic E-state index is 12.8. The van der Waals surface area contributed by atoms with E-state index in [9.17, 15) is 14.4 Å². The van der Waals surface area contributed by atoms with Gasteiger partial charge in [-0.2, -0.15) is 0 Å². The van der Waals surface area contributed by atoms with Crippen molar-refractivity contribution in [3.8, 4) is 0 Å². The topological polar surface area (TPSA) is 64.3 Å². The number of benzene rings is 2. The van der Waals surface area contributed by atoms with E-state index in [1.807, 2.05) is 0 Å². The van der Waals surface area contributed by atoms with Crippen LogP contribution in [0.15, 0.2) is 51.7 Å². The molecule has 0 amide bonds. The average molecular weight is 290 g/mol. The van der Waals surface area contributed by atoms with Gasteiger partial charge in [-0.15, -0.1) is 0 Å². The third kappa shape index (κ3) is 1.55. The van der Waals surface area contributed by atoms with E-state index in [1.54, 1.807) is 37.3 Å². The maximum Gasteiger partial charge on any atom is 0.198 e. The predicted octanol–water partition coefficient (Wildman–Crippen LogP) is 2.88. The second kappa shape index (κ2) is 4.24. The van der Waals surface area contributed by atoms with Crippen LogP contribution in [0.25, 0.3) is 11.0 Å². The predicted molar refractivity (Wildman–Crippen MR) is 80.5 cm³/mol. The number of hydrogen-bond donors (Lipinski definition) is 0. The first-order valence-electron chi connectivity index (χ1n) is 6.84. The molecule has 1 aliphatic carbocycles. The molecule has 4 nitrogen and oxygen atoms in total. The van der Waals surface area contributed by atoms with E-state index in [0.717, 1.165) is 0 Å². The van der Waals surface area contributed by atoms with E-state index >= 15 is 0 Å². The van der Waals surface area contributed by atoms with E-state index in [1.165, 1.54) is 12.1 Å². The quantitative estimate of drug-likeness (QED) is 0.499. The molecule has 1 heterocycles. The molecule has 0 unspecified atom stereocenters. The number of rotatable bonds is 0. The fourth-order valence-electron chi connectivity index (χ4n) is 2.91. The third-order valence-electron chi connectivity index (χ3n) is 3.91. The Balaban J connectivity index is 2.17. The highest BCUT2D eigenvalue weighted by Gasteiger charge is 2.32. The molecule has 4 heteroatoms. The van der Waals surface area contributed by atoms with Crippen molar-refractivity contribution >= 4 is 22.5 Å². The highest BCUT2D eigenvalue weighted by molar-refractivity contribution is 6.31. The van der Waals surface area contributed by atoms with Crippen LogP contribution in [0.4, 0.5) is 0 Å². The van der Waals surface area contributed by atoms with Crippen LogP contribution in [0.2, 0.25) is 0 Å². The normalized spacial score (nSPS) is 13.1. The Morgan fingerprint density at radius 3 is 2.23 bits per heavy atom. The van der Waals surface area contributed by atoms with Gasteiger partial charge >= 0.3 is 0 Å². The summed E-state index contributed by atoms with van der Waals surface area (Å²) in [6.45, 7) is 1.64. The molecular weight excluding hydrogens is 280 g/mol. The summed E-state index contributed by atoms with van der Waals surface area (Å²) < 4.78 is 5.60. The van der Waals surface area contributed by atoms with Gasteiger partial charge in [-0.3, -0.25) is 14.4 Å². The number of carbonyl (C=O) groups excluding carboxylic acids is 2. The second-order valence-corrected chi connectivity index (χ2v) is 5.29. The summed E-state index contributed by atoms with van der Waals surface area (Å²) in [5, 5.41) is 0.310. The standard InChI is InChI=1S/C18H10O4/c1-9-8-14(19)12-6-7-13-15(18(12)22-9)17(21)11-5-3-2-4-10(11)16(13)20/h2-8H,1H3. The fraction of sp³-hybridized carbons (Fsp3) is 0.0556. The van der Waals surface area contributed by atoms with Gasteiger partial charge in [-0.25, -0.2) is 0 Å². The molecular formula is C18H10O4. The molecule has 0 radical (unpaired) electrons. The van der Waals surface area contributed by atoms with Crippen molar-refractivity contribution in [2.45, 2.75) is 6.92 Å². The number of ketones is 2. The zero-order valence-corrected chi connectivity index (χ0v) is 11.7. The van der Waals surface area contributed by atoms with E-state index in [0.29, 0.717) is 22.3 Å². The lowest BCUT2D eigenvalue weighted by Crippen LogP contribution is -2.21.